The van der Waals surface area contributed by atoms with Crippen LogP contribution in [0.3, 0.4) is 0 Å². The third-order valence-corrected chi connectivity index (χ3v) is 8.28. The lowest BCUT2D eigenvalue weighted by Crippen LogP contribution is -2.47. The lowest BCUT2D eigenvalue weighted by Gasteiger charge is -2.36. The molecule has 13 nitrogen and oxygen atoms in total. The third-order valence-electron chi connectivity index (χ3n) is 8.28. The van der Waals surface area contributed by atoms with Crippen LogP contribution in [0.15, 0.2) is 35.5 Å². The Morgan fingerprint density at radius 1 is 0.977 bits per heavy atom. The number of aliphatic hydroxyl groups is 2. The molecule has 3 amide bonds. The van der Waals surface area contributed by atoms with Crippen LogP contribution in [-0.4, -0.2) is 86.2 Å². The molecule has 0 unspecified atom stereocenters. The predicted molar refractivity (Wildman–Crippen MR) is 154 cm³/mol. The lowest BCUT2D eigenvalue weighted by molar-refractivity contribution is -0.137. The maximum Gasteiger partial charge on any atom is 0.253 e. The molecular weight excluding hydrogens is 574 g/mol. The SMILES string of the molecule is COc1cccc2c1C(=O)c1c(O)c3c(c(O)c1C2=O)C[C@@](O)(/C(CO)=N/NC(=O)CCCCCN1C(=O)C=CC1=O)CC3. The van der Waals surface area contributed by atoms with Crippen LogP contribution in [-0.2, 0) is 27.2 Å². The van der Waals surface area contributed by atoms with Gasteiger partial charge in [0.2, 0.25) is 11.7 Å². The van der Waals surface area contributed by atoms with Gasteiger partial charge in [-0.1, -0.05) is 18.6 Å². The van der Waals surface area contributed by atoms with Gasteiger partial charge in [0.25, 0.3) is 11.8 Å². The van der Waals surface area contributed by atoms with Crippen molar-refractivity contribution in [2.45, 2.75) is 50.5 Å². The molecule has 13 heteroatoms. The van der Waals surface area contributed by atoms with Crippen molar-refractivity contribution in [1.82, 2.24) is 10.3 Å². The second kappa shape index (κ2) is 12.0. The predicted octanol–water partition coefficient (Wildman–Crippen LogP) is 1.05. The summed E-state index contributed by atoms with van der Waals surface area (Å²) in [5.41, 5.74) is -0.265. The number of phenolic OH excluding ortho intramolecular Hbond substituents is 2. The number of aromatic hydroxyl groups is 2. The first-order valence-electron chi connectivity index (χ1n) is 14.1. The van der Waals surface area contributed by atoms with Gasteiger partial charge in [-0.15, -0.1) is 0 Å². The van der Waals surface area contributed by atoms with Gasteiger partial charge < -0.3 is 25.2 Å². The first-order chi connectivity index (χ1) is 21.0. The number of aliphatic hydroxyl groups excluding tert-OH is 1. The average molecular weight is 606 g/mol. The molecular formula is C31H31N3O10. The number of rotatable bonds is 10. The molecule has 44 heavy (non-hydrogen) atoms. The number of fused-ring (bicyclic) bond motifs is 3. The number of ketones is 2. The van der Waals surface area contributed by atoms with Crippen molar-refractivity contribution in [3.8, 4) is 17.2 Å². The summed E-state index contributed by atoms with van der Waals surface area (Å²) in [6.45, 7) is -0.486. The molecule has 1 aliphatic heterocycles. The monoisotopic (exact) mass is 605 g/mol. The van der Waals surface area contributed by atoms with Crippen LogP contribution >= 0.6 is 0 Å². The van der Waals surface area contributed by atoms with E-state index in [1.54, 1.807) is 0 Å². The smallest absolute Gasteiger partial charge is 0.253 e. The van der Waals surface area contributed by atoms with Gasteiger partial charge in [-0.05, 0) is 31.7 Å². The fourth-order valence-electron chi connectivity index (χ4n) is 5.93. The zero-order valence-corrected chi connectivity index (χ0v) is 23.9. The fourth-order valence-corrected chi connectivity index (χ4v) is 5.93. The Hall–Kier alpha value is -4.88. The topological polar surface area (TPSA) is 203 Å². The number of hydrogen-bond donors (Lipinski definition) is 5. The number of hydrogen-bond acceptors (Lipinski definition) is 11. The van der Waals surface area contributed by atoms with Gasteiger partial charge in [0.15, 0.2) is 5.78 Å². The molecule has 1 heterocycles. The van der Waals surface area contributed by atoms with Crippen molar-refractivity contribution in [2.75, 3.05) is 20.3 Å². The highest BCUT2D eigenvalue weighted by atomic mass is 16.5. The van der Waals surface area contributed by atoms with E-state index in [1.165, 1.54) is 37.5 Å². The number of imide groups is 1. The molecule has 230 valence electrons. The summed E-state index contributed by atoms with van der Waals surface area (Å²) in [5, 5.41) is 47.8. The number of carbonyl (C=O) groups excluding carboxylic acids is 5. The number of nitrogens with one attached hydrogen (secondary N) is 1. The van der Waals surface area contributed by atoms with E-state index in [9.17, 15) is 44.4 Å². The molecule has 2 aromatic carbocycles. The Balaban J connectivity index is 1.29. The van der Waals surface area contributed by atoms with E-state index in [1.807, 2.05) is 0 Å². The molecule has 0 fully saturated rings. The van der Waals surface area contributed by atoms with Gasteiger partial charge in [-0.3, -0.25) is 28.9 Å². The van der Waals surface area contributed by atoms with Gasteiger partial charge in [0.1, 0.15) is 22.8 Å². The minimum absolute atomic E-state index is 0.00192. The van der Waals surface area contributed by atoms with Crippen LogP contribution in [0.25, 0.3) is 0 Å². The molecule has 0 saturated carbocycles. The summed E-state index contributed by atoms with van der Waals surface area (Å²) in [5.74, 6) is -3.49. The summed E-state index contributed by atoms with van der Waals surface area (Å²) in [7, 11) is 1.35. The van der Waals surface area contributed by atoms with Gasteiger partial charge >= 0.3 is 0 Å². The Bertz CT molecular complexity index is 1640. The summed E-state index contributed by atoms with van der Waals surface area (Å²) < 4.78 is 5.25. The number of benzene rings is 2. The van der Waals surface area contributed by atoms with E-state index >= 15 is 0 Å². The molecule has 2 aromatic rings. The molecule has 0 radical (unpaired) electrons. The number of carbonyl (C=O) groups is 5. The second-order valence-corrected chi connectivity index (χ2v) is 10.9. The third kappa shape index (κ3) is 5.24. The molecule has 1 atom stereocenters. The minimum Gasteiger partial charge on any atom is -0.507 e. The molecule has 2 aliphatic carbocycles. The molecule has 0 aromatic heterocycles. The van der Waals surface area contributed by atoms with Gasteiger partial charge in [-0.25, -0.2) is 5.43 Å². The standard InChI is InChI=1S/C31H31N3O10/c1-44-19-7-5-6-17-24(19)30(42)26-25(28(17)40)29(41)18-14-31(43,12-11-16(18)27(26)39)20(15-35)32-33-21(36)8-3-2-4-13-34-22(37)9-10-23(34)38/h5-7,9-10,35,39,41,43H,2-4,8,11-15H2,1H3,(H,33,36)/b32-20+/t31-/m1/s1. The fraction of sp³-hybridized carbons (Fsp3) is 0.355. The summed E-state index contributed by atoms with van der Waals surface area (Å²) in [6.07, 6.45) is 3.52. The molecule has 5 rings (SSSR count). The number of hydrazone groups is 1. The Morgan fingerprint density at radius 3 is 2.34 bits per heavy atom. The molecule has 3 aliphatic rings. The van der Waals surface area contributed by atoms with Crippen LogP contribution in [0.1, 0.15) is 75.1 Å². The second-order valence-electron chi connectivity index (χ2n) is 10.9. The van der Waals surface area contributed by atoms with Crippen LogP contribution < -0.4 is 10.2 Å². The number of methoxy groups -OCH3 is 1. The highest BCUT2D eigenvalue weighted by Gasteiger charge is 2.44. The number of nitrogens with zero attached hydrogens (tertiary/aromatic N) is 2. The van der Waals surface area contributed by atoms with Crippen LogP contribution in [0.4, 0.5) is 0 Å². The van der Waals surface area contributed by atoms with E-state index < -0.39 is 41.2 Å². The van der Waals surface area contributed by atoms with E-state index in [2.05, 4.69) is 10.5 Å². The molecule has 0 bridgehead atoms. The van der Waals surface area contributed by atoms with E-state index in [-0.39, 0.29) is 88.9 Å². The van der Waals surface area contributed by atoms with E-state index in [0.717, 1.165) is 4.90 Å². The van der Waals surface area contributed by atoms with Crippen molar-refractivity contribution in [3.05, 3.63) is 63.7 Å². The number of phenols is 2. The summed E-state index contributed by atoms with van der Waals surface area (Å²) in [4.78, 5) is 63.6. The molecule has 0 saturated heterocycles. The first-order valence-corrected chi connectivity index (χ1v) is 14.1. The van der Waals surface area contributed by atoms with Crippen LogP contribution in [0.5, 0.6) is 17.2 Å². The number of amides is 3. The normalized spacial score (nSPS) is 19.2. The quantitative estimate of drug-likeness (QED) is 0.0731. The minimum atomic E-state index is -1.85. The summed E-state index contributed by atoms with van der Waals surface area (Å²) >= 11 is 0. The molecule has 5 N–H and O–H groups in total. The van der Waals surface area contributed by atoms with Gasteiger partial charge in [0.05, 0.1) is 36.1 Å². The zero-order chi connectivity index (χ0) is 31.8. The Morgan fingerprint density at radius 2 is 1.66 bits per heavy atom. The van der Waals surface area contributed by atoms with Crippen molar-refractivity contribution in [2.24, 2.45) is 5.10 Å². The summed E-state index contributed by atoms with van der Waals surface area (Å²) in [6, 6.07) is 4.45. The maximum atomic E-state index is 13.4. The van der Waals surface area contributed by atoms with E-state index in [4.69, 9.17) is 4.74 Å². The van der Waals surface area contributed by atoms with E-state index in [0.29, 0.717) is 19.3 Å². The first kappa shape index (κ1) is 30.6. The van der Waals surface area contributed by atoms with Crippen molar-refractivity contribution in [3.63, 3.8) is 0 Å². The lowest BCUT2D eigenvalue weighted by atomic mass is 9.73. The van der Waals surface area contributed by atoms with Crippen molar-refractivity contribution in [1.29, 1.82) is 0 Å². The Kier molecular flexibility index (Phi) is 8.35. The highest BCUT2D eigenvalue weighted by molar-refractivity contribution is 6.31. The van der Waals surface area contributed by atoms with Crippen molar-refractivity contribution >= 4 is 35.0 Å². The van der Waals surface area contributed by atoms with Gasteiger partial charge in [0, 0.05) is 48.2 Å². The number of ether oxygens (including phenoxy) is 1. The number of unbranched alkanes of at least 4 members (excludes halogenated alkanes) is 2. The largest absolute Gasteiger partial charge is 0.507 e. The van der Waals surface area contributed by atoms with Gasteiger partial charge in [-0.2, -0.15) is 5.10 Å². The zero-order valence-electron chi connectivity index (χ0n) is 23.9. The van der Waals surface area contributed by atoms with Crippen molar-refractivity contribution < 1.29 is 49.1 Å². The Labute approximate surface area is 251 Å². The molecule has 0 spiro atoms. The average Bonchev–Trinajstić information content (AvgIpc) is 3.33. The van der Waals surface area contributed by atoms with Crippen LogP contribution in [0, 0.1) is 0 Å². The van der Waals surface area contributed by atoms with Crippen LogP contribution in [0.2, 0.25) is 0 Å². The maximum absolute atomic E-state index is 13.4. The highest BCUT2D eigenvalue weighted by Crippen LogP contribution is 2.48.